The quantitative estimate of drug-likeness (QED) is 0.0244. The van der Waals surface area contributed by atoms with E-state index in [4.69, 9.17) is 4.74 Å². The number of ether oxygens (including phenoxy) is 1. The molecule has 0 aliphatic rings. The van der Waals surface area contributed by atoms with Crippen molar-refractivity contribution < 1.29 is 24.5 Å². The maximum atomic E-state index is 13.3. The monoisotopic (exact) mass is 956 g/mol. The second-order valence-electron chi connectivity index (χ2n) is 18.7. The smallest absolute Gasteiger partial charge is 0.306 e. The minimum atomic E-state index is -0.817. The third kappa shape index (κ3) is 50.5. The number of allylic oxidation sites excluding steroid dienone is 20. The van der Waals surface area contributed by atoms with E-state index in [1.54, 1.807) is 0 Å². The van der Waals surface area contributed by atoms with Gasteiger partial charge in [0.25, 0.3) is 0 Å². The zero-order valence-electron chi connectivity index (χ0n) is 44.6. The minimum Gasteiger partial charge on any atom is -0.462 e. The Hall–Kier alpha value is -3.74. The first kappa shape index (κ1) is 65.3. The van der Waals surface area contributed by atoms with Crippen molar-refractivity contribution in [2.75, 3.05) is 6.61 Å². The predicted octanol–water partition coefficient (Wildman–Crippen LogP) is 17.6. The van der Waals surface area contributed by atoms with Crippen molar-refractivity contribution in [2.45, 2.75) is 257 Å². The van der Waals surface area contributed by atoms with Crippen molar-refractivity contribution in [3.8, 4) is 0 Å². The van der Waals surface area contributed by atoms with Gasteiger partial charge in [0.05, 0.1) is 25.2 Å². The standard InChI is InChI=1S/C63H105NO5/c1-4-7-10-13-16-19-22-25-28-30-32-35-38-41-44-47-50-53-56-63(68)69-59(54-51-48-45-42-39-36-34-31-29-26-23-20-17-14-11-8-5-2)57-62(67)64-60(58-65)61(66)55-52-49-46-43-40-37-33-27-24-21-18-15-12-9-6-3/h8,10-11,13,16-17,19-20,22,25-26,28-30,32,34-36,42,45,59-61,65-66H,4-7,9,12,14-15,18,21,23-24,27,31,33,37-41,43-44,46-58H2,1-3H3,(H,64,67)/b11-8-,13-10+,19-16+,20-17-,25-22+,29-26-,30-28+,35-32+,36-34-,45-42-. The molecule has 0 aliphatic carbocycles. The van der Waals surface area contributed by atoms with Gasteiger partial charge in [0.2, 0.25) is 5.91 Å². The first-order valence-electron chi connectivity index (χ1n) is 28.3. The highest BCUT2D eigenvalue weighted by Gasteiger charge is 2.24. The van der Waals surface area contributed by atoms with E-state index in [0.29, 0.717) is 19.3 Å². The van der Waals surface area contributed by atoms with Gasteiger partial charge in [-0.25, -0.2) is 0 Å². The summed E-state index contributed by atoms with van der Waals surface area (Å²) < 4.78 is 5.92. The number of aliphatic hydroxyl groups excluding tert-OH is 2. The Morgan fingerprint density at radius 3 is 1.39 bits per heavy atom. The van der Waals surface area contributed by atoms with Gasteiger partial charge in [0.1, 0.15) is 6.10 Å². The van der Waals surface area contributed by atoms with Crippen LogP contribution in [0.15, 0.2) is 122 Å². The molecule has 0 aromatic carbocycles. The van der Waals surface area contributed by atoms with Gasteiger partial charge in [0.15, 0.2) is 0 Å². The van der Waals surface area contributed by atoms with E-state index in [9.17, 15) is 19.8 Å². The lowest BCUT2D eigenvalue weighted by molar-refractivity contribution is -0.151. The molecular weight excluding hydrogens is 851 g/mol. The molecule has 0 bridgehead atoms. The van der Waals surface area contributed by atoms with Crippen molar-refractivity contribution in [1.29, 1.82) is 0 Å². The Kier molecular flexibility index (Phi) is 52.2. The Balaban J connectivity index is 4.75. The van der Waals surface area contributed by atoms with Gasteiger partial charge in [-0.1, -0.05) is 264 Å². The molecule has 69 heavy (non-hydrogen) atoms. The Morgan fingerprint density at radius 1 is 0.449 bits per heavy atom. The lowest BCUT2D eigenvalue weighted by Gasteiger charge is -2.24. The van der Waals surface area contributed by atoms with Crippen molar-refractivity contribution >= 4 is 11.9 Å². The number of hydrogen-bond donors (Lipinski definition) is 3. The SMILES string of the molecule is CC/C=C\C/C=C\C/C=C\C/C=C\C/C=C\CCCC(CC(=O)NC(CO)C(O)CCCCCCCCCCCCCCCCC)OC(=O)CCCCCCC/C=C/C=C/C=C/C=C/C=C/CCC. The molecule has 0 spiro atoms. The summed E-state index contributed by atoms with van der Waals surface area (Å²) in [6, 6.07) is -0.735. The van der Waals surface area contributed by atoms with Crippen LogP contribution in [0, 0.1) is 0 Å². The number of amides is 1. The van der Waals surface area contributed by atoms with Crippen molar-refractivity contribution in [2.24, 2.45) is 0 Å². The molecular formula is C63H105NO5. The number of carbonyl (C=O) groups is 2. The van der Waals surface area contributed by atoms with Crippen LogP contribution in [0.3, 0.4) is 0 Å². The molecule has 1 amide bonds. The molecule has 0 radical (unpaired) electrons. The van der Waals surface area contributed by atoms with Crippen LogP contribution in [0.2, 0.25) is 0 Å². The maximum absolute atomic E-state index is 13.3. The number of esters is 1. The first-order chi connectivity index (χ1) is 34.0. The highest BCUT2D eigenvalue weighted by molar-refractivity contribution is 5.77. The molecule has 0 aromatic rings. The van der Waals surface area contributed by atoms with Gasteiger partial charge in [0, 0.05) is 6.42 Å². The summed E-state index contributed by atoms with van der Waals surface area (Å²) in [5, 5.41) is 23.9. The van der Waals surface area contributed by atoms with E-state index < -0.39 is 18.2 Å². The van der Waals surface area contributed by atoms with E-state index in [-0.39, 0.29) is 24.9 Å². The summed E-state index contributed by atoms with van der Waals surface area (Å²) in [5.74, 6) is -0.567. The average molecular weight is 957 g/mol. The topological polar surface area (TPSA) is 95.9 Å². The molecule has 6 heteroatoms. The second-order valence-corrected chi connectivity index (χ2v) is 18.7. The molecule has 3 unspecified atom stereocenters. The number of nitrogens with one attached hydrogen (secondary N) is 1. The van der Waals surface area contributed by atoms with E-state index in [1.165, 1.54) is 83.5 Å². The summed E-state index contributed by atoms with van der Waals surface area (Å²) >= 11 is 0. The Morgan fingerprint density at radius 2 is 0.884 bits per heavy atom. The van der Waals surface area contributed by atoms with Gasteiger partial charge in [-0.15, -0.1) is 0 Å². The van der Waals surface area contributed by atoms with Crippen molar-refractivity contribution in [3.05, 3.63) is 122 Å². The minimum absolute atomic E-state index is 0.0202. The van der Waals surface area contributed by atoms with Gasteiger partial charge >= 0.3 is 5.97 Å². The number of rotatable bonds is 49. The maximum Gasteiger partial charge on any atom is 0.306 e. The molecule has 3 N–H and O–H groups in total. The predicted molar refractivity (Wildman–Crippen MR) is 300 cm³/mol. The third-order valence-electron chi connectivity index (χ3n) is 12.1. The van der Waals surface area contributed by atoms with Crippen LogP contribution in [0.5, 0.6) is 0 Å². The Bertz CT molecular complexity index is 1440. The molecule has 0 saturated carbocycles. The van der Waals surface area contributed by atoms with E-state index >= 15 is 0 Å². The fraction of sp³-hybridized carbons (Fsp3) is 0.651. The number of hydrogen-bond acceptors (Lipinski definition) is 5. The van der Waals surface area contributed by atoms with E-state index in [2.05, 4.69) is 123 Å². The zero-order valence-corrected chi connectivity index (χ0v) is 44.6. The number of unbranched alkanes of at least 4 members (excludes halogenated alkanes) is 21. The largest absolute Gasteiger partial charge is 0.462 e. The van der Waals surface area contributed by atoms with E-state index in [0.717, 1.165) is 109 Å². The summed E-state index contributed by atoms with van der Waals surface area (Å²) in [4.78, 5) is 26.3. The van der Waals surface area contributed by atoms with Gasteiger partial charge in [-0.3, -0.25) is 9.59 Å². The van der Waals surface area contributed by atoms with Crippen molar-refractivity contribution in [1.82, 2.24) is 5.32 Å². The summed E-state index contributed by atoms with van der Waals surface area (Å²) in [7, 11) is 0. The lowest BCUT2D eigenvalue weighted by Crippen LogP contribution is -2.46. The zero-order chi connectivity index (χ0) is 50.2. The average Bonchev–Trinajstić information content (AvgIpc) is 3.34. The summed E-state index contributed by atoms with van der Waals surface area (Å²) in [5.41, 5.74) is 0. The molecule has 0 heterocycles. The van der Waals surface area contributed by atoms with Gasteiger partial charge in [-0.2, -0.15) is 0 Å². The fourth-order valence-electron chi connectivity index (χ4n) is 7.90. The number of carbonyl (C=O) groups excluding carboxylic acids is 2. The van der Waals surface area contributed by atoms with Gasteiger partial charge < -0.3 is 20.3 Å². The highest BCUT2D eigenvalue weighted by atomic mass is 16.5. The normalized spacial score (nSPS) is 14.1. The highest BCUT2D eigenvalue weighted by Crippen LogP contribution is 2.17. The lowest BCUT2D eigenvalue weighted by atomic mass is 10.0. The van der Waals surface area contributed by atoms with Gasteiger partial charge in [-0.05, 0) is 83.5 Å². The van der Waals surface area contributed by atoms with Crippen molar-refractivity contribution in [3.63, 3.8) is 0 Å². The Labute approximate surface area is 425 Å². The van der Waals surface area contributed by atoms with Crippen LogP contribution in [0.4, 0.5) is 0 Å². The molecule has 392 valence electrons. The van der Waals surface area contributed by atoms with Crippen LogP contribution < -0.4 is 5.32 Å². The van der Waals surface area contributed by atoms with Crippen LogP contribution in [-0.2, 0) is 14.3 Å². The van der Waals surface area contributed by atoms with Crippen LogP contribution >= 0.6 is 0 Å². The number of aliphatic hydroxyl groups is 2. The molecule has 0 fully saturated rings. The molecule has 0 aliphatic heterocycles. The first-order valence-corrected chi connectivity index (χ1v) is 28.3. The fourth-order valence-corrected chi connectivity index (χ4v) is 7.90. The van der Waals surface area contributed by atoms with Crippen LogP contribution in [-0.4, -0.2) is 46.9 Å². The van der Waals surface area contributed by atoms with Crippen LogP contribution in [0.25, 0.3) is 0 Å². The summed E-state index contributed by atoms with van der Waals surface area (Å²) in [6.07, 6.45) is 76.8. The molecule has 0 aromatic heterocycles. The molecule has 0 saturated heterocycles. The second kappa shape index (κ2) is 55.2. The van der Waals surface area contributed by atoms with E-state index in [1.807, 2.05) is 24.3 Å². The molecule has 0 rings (SSSR count). The third-order valence-corrected chi connectivity index (χ3v) is 12.1. The van der Waals surface area contributed by atoms with Crippen LogP contribution in [0.1, 0.15) is 239 Å². The molecule has 6 nitrogen and oxygen atoms in total. The summed E-state index contributed by atoms with van der Waals surface area (Å²) in [6.45, 7) is 6.27. The molecule has 3 atom stereocenters.